The molecule has 0 N–H and O–H groups in total. The Morgan fingerprint density at radius 1 is 1.38 bits per heavy atom. The molecule has 0 saturated heterocycles. The summed E-state index contributed by atoms with van der Waals surface area (Å²) in [5, 5.41) is 8.43. The second-order valence-electron chi connectivity index (χ2n) is 4.23. The zero-order valence-corrected chi connectivity index (χ0v) is 10.8. The molecule has 0 radical (unpaired) electrons. The van der Waals surface area contributed by atoms with E-state index in [0.29, 0.717) is 10.3 Å². The summed E-state index contributed by atoms with van der Waals surface area (Å²) >= 11 is 11.9. The Bertz CT molecular complexity index is 366. The molecule has 0 bridgehead atoms. The maximum absolute atomic E-state index is 6.06. The van der Waals surface area contributed by atoms with Crippen molar-refractivity contribution in [2.24, 2.45) is 5.92 Å². The third kappa shape index (κ3) is 2.98. The highest BCUT2D eigenvalue weighted by Gasteiger charge is 2.25. The molecular weight excluding hydrogens is 245 g/mol. The highest BCUT2D eigenvalue weighted by atomic mass is 35.5. The van der Waals surface area contributed by atoms with E-state index in [1.54, 1.807) is 6.07 Å². The van der Waals surface area contributed by atoms with Crippen LogP contribution in [0.25, 0.3) is 0 Å². The number of halogens is 2. The molecule has 1 aromatic rings. The highest BCUT2D eigenvalue weighted by Crippen LogP contribution is 2.33. The normalized spacial score (nSPS) is 15.2. The molecular formula is C11H15Cl2N3. The molecule has 2 rings (SSSR count). The van der Waals surface area contributed by atoms with E-state index in [2.05, 4.69) is 22.0 Å². The van der Waals surface area contributed by atoms with Crippen LogP contribution in [0.4, 0.5) is 5.69 Å². The monoisotopic (exact) mass is 259 g/mol. The minimum absolute atomic E-state index is 0.399. The maximum Gasteiger partial charge on any atom is 0.175 e. The van der Waals surface area contributed by atoms with Crippen molar-refractivity contribution in [1.82, 2.24) is 10.2 Å². The van der Waals surface area contributed by atoms with Crippen LogP contribution in [-0.4, -0.2) is 23.3 Å². The van der Waals surface area contributed by atoms with Crippen LogP contribution < -0.4 is 4.90 Å². The van der Waals surface area contributed by atoms with Crippen LogP contribution in [0, 0.1) is 5.92 Å². The number of anilines is 1. The highest BCUT2D eigenvalue weighted by molar-refractivity contribution is 6.33. The first kappa shape index (κ1) is 11.9. The summed E-state index contributed by atoms with van der Waals surface area (Å²) in [5.41, 5.74) is 0.912. The molecule has 0 aliphatic heterocycles. The lowest BCUT2D eigenvalue weighted by atomic mass is 10.3. The molecule has 0 atom stereocenters. The Morgan fingerprint density at radius 2 is 2.12 bits per heavy atom. The first-order valence-electron chi connectivity index (χ1n) is 5.64. The summed E-state index contributed by atoms with van der Waals surface area (Å²) in [6.45, 7) is 4.19. The average Bonchev–Trinajstić information content (AvgIpc) is 3.05. The Morgan fingerprint density at radius 3 is 2.75 bits per heavy atom. The maximum atomic E-state index is 6.06. The van der Waals surface area contributed by atoms with E-state index in [1.165, 1.54) is 12.8 Å². The molecule has 1 aliphatic carbocycles. The van der Waals surface area contributed by atoms with Gasteiger partial charge in [0.15, 0.2) is 10.3 Å². The third-order valence-electron chi connectivity index (χ3n) is 2.71. The van der Waals surface area contributed by atoms with Crippen LogP contribution in [0.5, 0.6) is 0 Å². The Balaban J connectivity index is 2.18. The number of aromatic nitrogens is 2. The summed E-state index contributed by atoms with van der Waals surface area (Å²) in [6.07, 6.45) is 3.73. The molecule has 3 nitrogen and oxygen atoms in total. The van der Waals surface area contributed by atoms with Gasteiger partial charge in [-0.15, -0.1) is 10.2 Å². The molecule has 1 aliphatic rings. The van der Waals surface area contributed by atoms with E-state index in [4.69, 9.17) is 23.2 Å². The fraction of sp³-hybridized carbons (Fsp3) is 0.636. The van der Waals surface area contributed by atoms with Crippen LogP contribution in [0.15, 0.2) is 6.07 Å². The van der Waals surface area contributed by atoms with Crippen molar-refractivity contribution in [2.45, 2.75) is 26.2 Å². The fourth-order valence-corrected chi connectivity index (χ4v) is 2.11. The van der Waals surface area contributed by atoms with Gasteiger partial charge >= 0.3 is 0 Å². The predicted molar refractivity (Wildman–Crippen MR) is 67.3 cm³/mol. The second kappa shape index (κ2) is 5.19. The van der Waals surface area contributed by atoms with Crippen LogP contribution in [0.1, 0.15) is 26.2 Å². The first-order valence-corrected chi connectivity index (χ1v) is 6.40. The number of hydrogen-bond acceptors (Lipinski definition) is 3. The van der Waals surface area contributed by atoms with Gasteiger partial charge < -0.3 is 4.90 Å². The minimum atomic E-state index is 0.399. The van der Waals surface area contributed by atoms with Crippen molar-refractivity contribution < 1.29 is 0 Å². The van der Waals surface area contributed by atoms with Crippen LogP contribution in [0.3, 0.4) is 0 Å². The topological polar surface area (TPSA) is 29.0 Å². The molecule has 1 heterocycles. The summed E-state index contributed by atoms with van der Waals surface area (Å²) in [6, 6.07) is 1.80. The zero-order valence-electron chi connectivity index (χ0n) is 9.29. The summed E-state index contributed by atoms with van der Waals surface area (Å²) in [7, 11) is 0. The number of rotatable bonds is 5. The van der Waals surface area contributed by atoms with Crippen molar-refractivity contribution >= 4 is 28.9 Å². The van der Waals surface area contributed by atoms with Gasteiger partial charge in [0.25, 0.3) is 0 Å². The van der Waals surface area contributed by atoms with Gasteiger partial charge in [-0.3, -0.25) is 0 Å². The average molecular weight is 260 g/mol. The fourth-order valence-electron chi connectivity index (χ4n) is 1.76. The lowest BCUT2D eigenvalue weighted by Crippen LogP contribution is -2.27. The van der Waals surface area contributed by atoms with Gasteiger partial charge in [-0.2, -0.15) is 0 Å². The van der Waals surface area contributed by atoms with Gasteiger partial charge in [-0.1, -0.05) is 30.1 Å². The van der Waals surface area contributed by atoms with Gasteiger partial charge in [0, 0.05) is 19.2 Å². The van der Waals surface area contributed by atoms with Crippen molar-refractivity contribution in [3.63, 3.8) is 0 Å². The van der Waals surface area contributed by atoms with E-state index in [-0.39, 0.29) is 0 Å². The van der Waals surface area contributed by atoms with E-state index in [0.717, 1.165) is 31.1 Å². The van der Waals surface area contributed by atoms with Crippen molar-refractivity contribution in [2.75, 3.05) is 18.0 Å². The summed E-state index contributed by atoms with van der Waals surface area (Å²) in [5.74, 6) is 0.814. The van der Waals surface area contributed by atoms with Crippen molar-refractivity contribution in [1.29, 1.82) is 0 Å². The van der Waals surface area contributed by atoms with Gasteiger partial charge in [-0.25, -0.2) is 0 Å². The molecule has 16 heavy (non-hydrogen) atoms. The Hall–Kier alpha value is -0.540. The molecule has 1 saturated carbocycles. The molecule has 0 unspecified atom stereocenters. The van der Waals surface area contributed by atoms with Gasteiger partial charge in [0.1, 0.15) is 0 Å². The smallest absolute Gasteiger partial charge is 0.175 e. The van der Waals surface area contributed by atoms with Gasteiger partial charge in [0.2, 0.25) is 0 Å². The zero-order chi connectivity index (χ0) is 11.5. The van der Waals surface area contributed by atoms with Crippen LogP contribution in [-0.2, 0) is 0 Å². The van der Waals surface area contributed by atoms with E-state index < -0.39 is 0 Å². The lowest BCUT2D eigenvalue weighted by molar-refractivity contribution is 0.705. The minimum Gasteiger partial charge on any atom is -0.369 e. The molecule has 1 fully saturated rings. The van der Waals surface area contributed by atoms with E-state index >= 15 is 0 Å². The molecule has 0 amide bonds. The predicted octanol–water partition coefficient (Wildman–Crippen LogP) is 3.41. The number of hydrogen-bond donors (Lipinski definition) is 0. The third-order valence-corrected chi connectivity index (χ3v) is 3.16. The SMILES string of the molecule is CCCN(CC1CC1)c1cc(Cl)nnc1Cl. The van der Waals surface area contributed by atoms with Gasteiger partial charge in [-0.05, 0) is 25.2 Å². The molecule has 0 aromatic carbocycles. The van der Waals surface area contributed by atoms with E-state index in [1.807, 2.05) is 0 Å². The molecule has 1 aromatic heterocycles. The van der Waals surface area contributed by atoms with E-state index in [9.17, 15) is 0 Å². The molecule has 88 valence electrons. The van der Waals surface area contributed by atoms with Crippen molar-refractivity contribution in [3.8, 4) is 0 Å². The number of nitrogens with zero attached hydrogens (tertiary/aromatic N) is 3. The largest absolute Gasteiger partial charge is 0.369 e. The van der Waals surface area contributed by atoms with Gasteiger partial charge in [0.05, 0.1) is 5.69 Å². The van der Waals surface area contributed by atoms with Crippen LogP contribution >= 0.6 is 23.2 Å². The second-order valence-corrected chi connectivity index (χ2v) is 4.98. The standard InChI is InChI=1S/C11H15Cl2N3/c1-2-5-16(7-8-3-4-8)9-6-10(12)14-15-11(9)13/h6,8H,2-5,7H2,1H3. The quantitative estimate of drug-likeness (QED) is 0.812. The first-order chi connectivity index (χ1) is 7.70. The lowest BCUT2D eigenvalue weighted by Gasteiger charge is -2.24. The van der Waals surface area contributed by atoms with Crippen molar-refractivity contribution in [3.05, 3.63) is 16.4 Å². The van der Waals surface area contributed by atoms with Crippen LogP contribution in [0.2, 0.25) is 10.3 Å². The molecule has 0 spiro atoms. The summed E-state index contributed by atoms with van der Waals surface area (Å²) < 4.78 is 0. The Labute approximate surface area is 106 Å². The molecule has 5 heteroatoms. The Kier molecular flexibility index (Phi) is 3.87. The summed E-state index contributed by atoms with van der Waals surface area (Å²) in [4.78, 5) is 2.26.